The lowest BCUT2D eigenvalue weighted by atomic mass is 9.80. The zero-order valence-electron chi connectivity index (χ0n) is 24.5. The molecule has 3 fully saturated rings. The minimum absolute atomic E-state index is 0.0842. The van der Waals surface area contributed by atoms with E-state index in [0.29, 0.717) is 24.4 Å². The van der Waals surface area contributed by atoms with Gasteiger partial charge in [-0.2, -0.15) is 5.26 Å². The van der Waals surface area contributed by atoms with E-state index in [1.165, 1.54) is 4.90 Å². The molecule has 0 radical (unpaired) electrons. The van der Waals surface area contributed by atoms with Crippen molar-refractivity contribution in [2.24, 2.45) is 11.3 Å². The van der Waals surface area contributed by atoms with Gasteiger partial charge in [-0.1, -0.05) is 58.2 Å². The Hall–Kier alpha value is -3.00. The van der Waals surface area contributed by atoms with Gasteiger partial charge in [-0.25, -0.2) is 0 Å². The second kappa shape index (κ2) is 11.7. The number of carbonyl (C=O) groups is 3. The quantitative estimate of drug-likeness (QED) is 0.338. The van der Waals surface area contributed by atoms with Crippen LogP contribution in [0, 0.1) is 22.7 Å². The smallest absolute Gasteiger partial charge is 0.246 e. The summed E-state index contributed by atoms with van der Waals surface area (Å²) in [6.45, 7) is 7.66. The van der Waals surface area contributed by atoms with Crippen molar-refractivity contribution in [3.8, 4) is 6.07 Å². The number of amides is 3. The van der Waals surface area contributed by atoms with E-state index in [0.717, 1.165) is 50.8 Å². The number of benzene rings is 1. The van der Waals surface area contributed by atoms with Gasteiger partial charge in [0.2, 0.25) is 17.7 Å². The zero-order chi connectivity index (χ0) is 29.4. The van der Waals surface area contributed by atoms with Crippen molar-refractivity contribution in [2.75, 3.05) is 25.0 Å². The molecule has 1 aromatic carbocycles. The van der Waals surface area contributed by atoms with Crippen molar-refractivity contribution in [3.63, 3.8) is 0 Å². The highest BCUT2D eigenvalue weighted by atomic mass is 16.3. The summed E-state index contributed by atoms with van der Waals surface area (Å²) in [6, 6.07) is 7.37. The van der Waals surface area contributed by atoms with E-state index >= 15 is 0 Å². The van der Waals surface area contributed by atoms with Crippen molar-refractivity contribution in [2.45, 2.75) is 102 Å². The van der Waals surface area contributed by atoms with Crippen LogP contribution < -0.4 is 16.0 Å². The number of hydrogen-bond acceptors (Lipinski definition) is 7. The Bertz CT molecular complexity index is 1200. The van der Waals surface area contributed by atoms with Crippen molar-refractivity contribution in [1.29, 1.82) is 5.26 Å². The fourth-order valence-electron chi connectivity index (χ4n) is 6.66. The molecule has 222 valence electrons. The molecule has 5 atom stereocenters. The lowest BCUT2D eigenvalue weighted by molar-refractivity contribution is -0.139. The van der Waals surface area contributed by atoms with Crippen LogP contribution in [-0.2, 0) is 19.8 Å². The molecule has 10 nitrogen and oxygen atoms in total. The maximum atomic E-state index is 14.2. The molecule has 41 heavy (non-hydrogen) atoms. The predicted octanol–water partition coefficient (Wildman–Crippen LogP) is 2.44. The number of piperidine rings is 1. The maximum Gasteiger partial charge on any atom is 0.246 e. The van der Waals surface area contributed by atoms with E-state index in [2.05, 4.69) is 22.0 Å². The molecule has 1 aromatic rings. The van der Waals surface area contributed by atoms with E-state index in [1.54, 1.807) is 0 Å². The first-order valence-electron chi connectivity index (χ1n) is 15.1. The molecule has 3 aliphatic heterocycles. The molecule has 3 amide bonds. The summed E-state index contributed by atoms with van der Waals surface area (Å²) >= 11 is 0. The lowest BCUT2D eigenvalue weighted by Crippen LogP contribution is -2.59. The van der Waals surface area contributed by atoms with Crippen LogP contribution in [0.4, 0.5) is 5.69 Å². The summed E-state index contributed by atoms with van der Waals surface area (Å²) in [7, 11) is 0. The number of likely N-dealkylation sites (tertiary alicyclic amines) is 2. The number of nitrogens with one attached hydrogen (secondary N) is 3. The largest absolute Gasteiger partial charge is 0.365 e. The Morgan fingerprint density at radius 1 is 1.17 bits per heavy atom. The van der Waals surface area contributed by atoms with Crippen LogP contribution in [-0.4, -0.2) is 76.7 Å². The van der Waals surface area contributed by atoms with Gasteiger partial charge in [-0.05, 0) is 48.6 Å². The molecule has 4 aliphatic rings. The first kappa shape index (κ1) is 29.5. The minimum Gasteiger partial charge on any atom is -0.365 e. The van der Waals surface area contributed by atoms with Gasteiger partial charge in [-0.3, -0.25) is 24.6 Å². The van der Waals surface area contributed by atoms with Crippen molar-refractivity contribution in [3.05, 3.63) is 29.8 Å². The van der Waals surface area contributed by atoms with Gasteiger partial charge in [0.25, 0.3) is 0 Å². The second-order valence-corrected chi connectivity index (χ2v) is 13.6. The van der Waals surface area contributed by atoms with Crippen molar-refractivity contribution in [1.82, 2.24) is 20.4 Å². The van der Waals surface area contributed by atoms with E-state index in [1.807, 2.05) is 49.9 Å². The highest BCUT2D eigenvalue weighted by Gasteiger charge is 2.56. The standard InChI is InChI=1S/C31H44N6O4/c1-30(2,3)17-25(33-26(38)24(15-20-11-12-20)35-29(41)36-13-7-4-8-14-36)27(39)37-19-31(16-21(37)18-32)22-9-5-6-10-23(22)34-28(31)40/h5-6,9-10,20-21,24-25,29,35,41H,4,7-8,11-17,19H2,1-3H3,(H,33,38)(H,34,40)/t21-,24-,25-,29?,31-/m0/s1. The number of rotatable bonds is 9. The number of para-hydroxylation sites is 1. The Labute approximate surface area is 242 Å². The molecular formula is C31H44N6O4. The van der Waals surface area contributed by atoms with Crippen LogP contribution in [0.25, 0.3) is 0 Å². The molecule has 0 aromatic heterocycles. The Kier molecular flexibility index (Phi) is 8.42. The third-order valence-corrected chi connectivity index (χ3v) is 9.02. The monoisotopic (exact) mass is 564 g/mol. The number of nitriles is 1. The number of anilines is 1. The number of fused-ring (bicyclic) bond motifs is 2. The number of nitrogens with zero attached hydrogens (tertiary/aromatic N) is 3. The van der Waals surface area contributed by atoms with Gasteiger partial charge < -0.3 is 20.6 Å². The number of carbonyl (C=O) groups excluding carboxylic acids is 3. The van der Waals surface area contributed by atoms with Crippen LogP contribution in [0.3, 0.4) is 0 Å². The molecule has 5 rings (SSSR count). The average Bonchev–Trinajstić information content (AvgIpc) is 3.61. The third kappa shape index (κ3) is 6.42. The van der Waals surface area contributed by atoms with Gasteiger partial charge in [0, 0.05) is 31.7 Å². The summed E-state index contributed by atoms with van der Waals surface area (Å²) in [5.74, 6) is -0.449. The highest BCUT2D eigenvalue weighted by molar-refractivity contribution is 6.07. The van der Waals surface area contributed by atoms with Gasteiger partial charge in [0.15, 0.2) is 6.35 Å². The van der Waals surface area contributed by atoms with Crippen molar-refractivity contribution < 1.29 is 19.5 Å². The van der Waals surface area contributed by atoms with Crippen molar-refractivity contribution >= 4 is 23.4 Å². The fourth-order valence-corrected chi connectivity index (χ4v) is 6.66. The topological polar surface area (TPSA) is 138 Å². The number of aliphatic hydroxyl groups excluding tert-OH is 1. The first-order chi connectivity index (χ1) is 19.5. The van der Waals surface area contributed by atoms with E-state index < -0.39 is 29.9 Å². The molecule has 4 N–H and O–H groups in total. The van der Waals surface area contributed by atoms with Gasteiger partial charge >= 0.3 is 0 Å². The summed E-state index contributed by atoms with van der Waals surface area (Å²) in [6.07, 6.45) is 5.52. The van der Waals surface area contributed by atoms with E-state index in [4.69, 9.17) is 0 Å². The summed E-state index contributed by atoms with van der Waals surface area (Å²) in [4.78, 5) is 44.6. The van der Waals surface area contributed by atoms with Crippen LogP contribution in [0.5, 0.6) is 0 Å². The van der Waals surface area contributed by atoms with Crippen LogP contribution in [0.2, 0.25) is 0 Å². The molecule has 1 saturated carbocycles. The fraction of sp³-hybridized carbons (Fsp3) is 0.677. The SMILES string of the molecule is CC(C)(C)C[C@H](NC(=O)[C@H](CC1CC1)NC(O)N1CCCCC1)C(=O)N1C[C@]2(C[C@H]1C#N)C(=O)Nc1ccccc12. The van der Waals surface area contributed by atoms with Gasteiger partial charge in [-0.15, -0.1) is 0 Å². The molecule has 1 aliphatic carbocycles. The number of hydrogen-bond donors (Lipinski definition) is 4. The Balaban J connectivity index is 1.35. The average molecular weight is 565 g/mol. The molecule has 3 heterocycles. The highest BCUT2D eigenvalue weighted by Crippen LogP contribution is 2.46. The lowest BCUT2D eigenvalue weighted by Gasteiger charge is -2.35. The third-order valence-electron chi connectivity index (χ3n) is 9.02. The second-order valence-electron chi connectivity index (χ2n) is 13.6. The van der Waals surface area contributed by atoms with E-state index in [9.17, 15) is 24.8 Å². The predicted molar refractivity (Wildman–Crippen MR) is 154 cm³/mol. The molecule has 1 spiro atoms. The summed E-state index contributed by atoms with van der Waals surface area (Å²) in [5, 5.41) is 30.1. The van der Waals surface area contributed by atoms with Crippen LogP contribution >= 0.6 is 0 Å². The molecule has 10 heteroatoms. The molecule has 2 saturated heterocycles. The summed E-state index contributed by atoms with van der Waals surface area (Å²) < 4.78 is 0. The van der Waals surface area contributed by atoms with Gasteiger partial charge in [0.05, 0.1) is 17.5 Å². The molecular weight excluding hydrogens is 520 g/mol. The van der Waals surface area contributed by atoms with Gasteiger partial charge in [0.1, 0.15) is 12.1 Å². The Morgan fingerprint density at radius 3 is 2.54 bits per heavy atom. The maximum absolute atomic E-state index is 14.2. The Morgan fingerprint density at radius 2 is 1.88 bits per heavy atom. The minimum atomic E-state index is -0.989. The number of aliphatic hydroxyl groups is 1. The van der Waals surface area contributed by atoms with Crippen LogP contribution in [0.1, 0.15) is 77.7 Å². The zero-order valence-corrected chi connectivity index (χ0v) is 24.5. The molecule has 0 bridgehead atoms. The first-order valence-corrected chi connectivity index (χ1v) is 15.1. The van der Waals surface area contributed by atoms with Crippen LogP contribution in [0.15, 0.2) is 24.3 Å². The van der Waals surface area contributed by atoms with E-state index in [-0.39, 0.29) is 36.1 Å². The molecule has 1 unspecified atom stereocenters. The normalized spacial score (nSPS) is 26.7. The summed E-state index contributed by atoms with van der Waals surface area (Å²) in [5.41, 5.74) is 0.232.